The predicted octanol–water partition coefficient (Wildman–Crippen LogP) is 5.51. The van der Waals surface area contributed by atoms with Crippen LogP contribution in [0.1, 0.15) is 50.8 Å². The number of hydrogen-bond donors (Lipinski definition) is 2. The summed E-state index contributed by atoms with van der Waals surface area (Å²) in [6, 6.07) is 22.8. The molecular weight excluding hydrogens is 490 g/mol. The zero-order valence-corrected chi connectivity index (χ0v) is 23.1. The molecule has 0 aliphatic heterocycles. The summed E-state index contributed by atoms with van der Waals surface area (Å²) < 4.78 is 7.08. The molecule has 0 aliphatic rings. The topological polar surface area (TPSA) is 89.4 Å². The molecule has 39 heavy (non-hydrogen) atoms. The highest BCUT2D eigenvalue weighted by Crippen LogP contribution is 2.31. The van der Waals surface area contributed by atoms with Gasteiger partial charge in [-0.15, -0.1) is 0 Å². The Kier molecular flexibility index (Phi) is 9.02. The molecule has 1 unspecified atom stereocenters. The van der Waals surface area contributed by atoms with Crippen LogP contribution in [0.2, 0.25) is 0 Å². The smallest absolute Gasteiger partial charge is 0.306 e. The lowest BCUT2D eigenvalue weighted by Gasteiger charge is -2.23. The average molecular weight is 528 g/mol. The summed E-state index contributed by atoms with van der Waals surface area (Å²) in [6.45, 7) is 7.25. The lowest BCUT2D eigenvalue weighted by molar-refractivity contribution is -0.144. The second-order valence-electron chi connectivity index (χ2n) is 10.3. The van der Waals surface area contributed by atoms with E-state index in [4.69, 9.17) is 4.74 Å². The van der Waals surface area contributed by atoms with Gasteiger partial charge in [0.25, 0.3) is 0 Å². The number of fused-ring (bicyclic) bond motifs is 3. The number of nitrogens with one attached hydrogen (secondary N) is 2. The van der Waals surface area contributed by atoms with Gasteiger partial charge < -0.3 is 19.9 Å². The average Bonchev–Trinajstić information content (AvgIpc) is 3.27. The van der Waals surface area contributed by atoms with Crippen molar-refractivity contribution in [1.29, 1.82) is 0 Å². The third-order valence-electron chi connectivity index (χ3n) is 7.07. The summed E-state index contributed by atoms with van der Waals surface area (Å²) in [5, 5.41) is 8.07. The molecule has 7 heteroatoms. The molecule has 0 bridgehead atoms. The van der Waals surface area contributed by atoms with Crippen LogP contribution < -0.4 is 10.6 Å². The van der Waals surface area contributed by atoms with Gasteiger partial charge in [0, 0.05) is 40.8 Å². The van der Waals surface area contributed by atoms with Crippen LogP contribution in [0.4, 0.5) is 0 Å². The Morgan fingerprint density at radius 1 is 0.872 bits per heavy atom. The lowest BCUT2D eigenvalue weighted by Crippen LogP contribution is -2.43. The largest absolute Gasteiger partial charge is 0.469 e. The molecule has 0 spiro atoms. The first-order valence-electron chi connectivity index (χ1n) is 13.5. The second-order valence-corrected chi connectivity index (χ2v) is 10.3. The number of rotatable bonds is 11. The predicted molar refractivity (Wildman–Crippen MR) is 154 cm³/mol. The summed E-state index contributed by atoms with van der Waals surface area (Å²) in [6.07, 6.45) is 0.463. The maximum Gasteiger partial charge on any atom is 0.306 e. The fourth-order valence-corrected chi connectivity index (χ4v) is 5.18. The molecule has 4 rings (SSSR count). The standard InChI is InChI=1S/C32H37N3O4/c1-5-35-27-14-10-9-13-25(27)26-18-23(15-16-28(26)35)30(32(38)33-20-22-11-7-6-8-12-22)34-31(37)24(17-21(2)3)19-29(36)39-4/h6-16,18,21,24,30H,5,17,19-20H2,1-4H3,(H,33,38)(H,34,37)/t24-,30?/m1/s1. The monoisotopic (exact) mass is 527 g/mol. The second kappa shape index (κ2) is 12.6. The highest BCUT2D eigenvalue weighted by Gasteiger charge is 2.29. The van der Waals surface area contributed by atoms with Crippen molar-refractivity contribution in [2.24, 2.45) is 11.8 Å². The Balaban J connectivity index is 1.70. The van der Waals surface area contributed by atoms with Gasteiger partial charge in [-0.25, -0.2) is 0 Å². The fourth-order valence-electron chi connectivity index (χ4n) is 5.18. The number of methoxy groups -OCH3 is 1. The van der Waals surface area contributed by atoms with Crippen LogP contribution in [0.5, 0.6) is 0 Å². The molecular formula is C32H37N3O4. The van der Waals surface area contributed by atoms with Crippen LogP contribution in [-0.4, -0.2) is 29.5 Å². The number of ether oxygens (including phenoxy) is 1. The highest BCUT2D eigenvalue weighted by atomic mass is 16.5. The minimum atomic E-state index is -0.929. The van der Waals surface area contributed by atoms with Crippen LogP contribution in [0.25, 0.3) is 21.8 Å². The number of aromatic nitrogens is 1. The quantitative estimate of drug-likeness (QED) is 0.252. The fraction of sp³-hybridized carbons (Fsp3) is 0.344. The van der Waals surface area contributed by atoms with E-state index < -0.39 is 17.9 Å². The maximum absolute atomic E-state index is 13.6. The Morgan fingerprint density at radius 3 is 2.26 bits per heavy atom. The van der Waals surface area contributed by atoms with Crippen molar-refractivity contribution in [1.82, 2.24) is 15.2 Å². The van der Waals surface area contributed by atoms with Crippen LogP contribution in [0, 0.1) is 11.8 Å². The molecule has 0 radical (unpaired) electrons. The molecule has 0 aliphatic carbocycles. The molecule has 1 heterocycles. The molecule has 0 saturated heterocycles. The number of nitrogens with zero attached hydrogens (tertiary/aromatic N) is 1. The number of carbonyl (C=O) groups is 3. The van der Waals surface area contributed by atoms with Crippen LogP contribution >= 0.6 is 0 Å². The van der Waals surface area contributed by atoms with Gasteiger partial charge in [0.05, 0.1) is 13.5 Å². The van der Waals surface area contributed by atoms with E-state index in [9.17, 15) is 14.4 Å². The molecule has 3 aromatic carbocycles. The number of amides is 2. The number of benzene rings is 3. The minimum absolute atomic E-state index is 0.0398. The first-order valence-corrected chi connectivity index (χ1v) is 13.5. The van der Waals surface area contributed by atoms with Gasteiger partial charge in [-0.05, 0) is 48.6 Å². The van der Waals surface area contributed by atoms with Gasteiger partial charge in [0.1, 0.15) is 6.04 Å². The van der Waals surface area contributed by atoms with Crippen molar-refractivity contribution in [3.05, 3.63) is 83.9 Å². The summed E-state index contributed by atoms with van der Waals surface area (Å²) >= 11 is 0. The SMILES string of the molecule is CCn1c2ccccc2c2cc(C(NC(=O)[C@@H](CC(=O)OC)CC(C)C)C(=O)NCc3ccccc3)ccc21. The number of para-hydroxylation sites is 1. The number of esters is 1. The van der Waals surface area contributed by atoms with Crippen molar-refractivity contribution < 1.29 is 19.1 Å². The normalized spacial score (nSPS) is 12.8. The van der Waals surface area contributed by atoms with Gasteiger partial charge in [-0.3, -0.25) is 14.4 Å². The first kappa shape index (κ1) is 27.9. The van der Waals surface area contributed by atoms with Crippen molar-refractivity contribution in [2.45, 2.75) is 52.7 Å². The summed E-state index contributed by atoms with van der Waals surface area (Å²) in [5.41, 5.74) is 3.83. The van der Waals surface area contributed by atoms with Gasteiger partial charge in [0.15, 0.2) is 0 Å². The number of hydrogen-bond acceptors (Lipinski definition) is 4. The van der Waals surface area contributed by atoms with Crippen molar-refractivity contribution in [3.8, 4) is 0 Å². The molecule has 0 saturated carbocycles. The lowest BCUT2D eigenvalue weighted by atomic mass is 9.92. The molecule has 2 atom stereocenters. The van der Waals surface area contributed by atoms with Crippen molar-refractivity contribution in [2.75, 3.05) is 7.11 Å². The highest BCUT2D eigenvalue weighted by molar-refractivity contribution is 6.08. The third-order valence-corrected chi connectivity index (χ3v) is 7.07. The van der Waals surface area contributed by atoms with E-state index in [-0.39, 0.29) is 24.2 Å². The maximum atomic E-state index is 13.6. The van der Waals surface area contributed by atoms with E-state index in [0.717, 1.165) is 33.9 Å². The Hall–Kier alpha value is -4.13. The van der Waals surface area contributed by atoms with E-state index in [1.54, 1.807) is 0 Å². The molecule has 4 aromatic rings. The summed E-state index contributed by atoms with van der Waals surface area (Å²) in [7, 11) is 1.31. The zero-order chi connectivity index (χ0) is 27.9. The van der Waals surface area contributed by atoms with Gasteiger partial charge in [-0.1, -0.05) is 68.4 Å². The van der Waals surface area contributed by atoms with Crippen molar-refractivity contribution in [3.63, 3.8) is 0 Å². The Labute approximate surface area is 229 Å². The van der Waals surface area contributed by atoms with E-state index in [2.05, 4.69) is 34.3 Å². The van der Waals surface area contributed by atoms with Crippen molar-refractivity contribution >= 4 is 39.6 Å². The Morgan fingerprint density at radius 2 is 1.56 bits per heavy atom. The van der Waals surface area contributed by atoms with E-state index >= 15 is 0 Å². The van der Waals surface area contributed by atoms with Crippen LogP contribution in [0.3, 0.4) is 0 Å². The molecule has 1 aromatic heterocycles. The van der Waals surface area contributed by atoms with Gasteiger partial charge in [-0.2, -0.15) is 0 Å². The number of carbonyl (C=O) groups excluding carboxylic acids is 3. The summed E-state index contributed by atoms with van der Waals surface area (Å²) in [4.78, 5) is 39.2. The molecule has 0 fully saturated rings. The van der Waals surface area contributed by atoms with Gasteiger partial charge in [0.2, 0.25) is 11.8 Å². The van der Waals surface area contributed by atoms with E-state index in [1.165, 1.54) is 7.11 Å². The molecule has 2 N–H and O–H groups in total. The van der Waals surface area contributed by atoms with E-state index in [1.807, 2.05) is 74.5 Å². The molecule has 7 nitrogen and oxygen atoms in total. The zero-order valence-electron chi connectivity index (χ0n) is 23.1. The number of aryl methyl sites for hydroxylation is 1. The van der Waals surface area contributed by atoms with E-state index in [0.29, 0.717) is 18.5 Å². The third kappa shape index (κ3) is 6.48. The molecule has 2 amide bonds. The van der Waals surface area contributed by atoms with Crippen LogP contribution in [-0.2, 0) is 32.2 Å². The Bertz CT molecular complexity index is 1460. The van der Waals surface area contributed by atoms with Crippen LogP contribution in [0.15, 0.2) is 72.8 Å². The molecule has 204 valence electrons. The summed E-state index contributed by atoms with van der Waals surface area (Å²) in [5.74, 6) is -1.52. The minimum Gasteiger partial charge on any atom is -0.469 e. The van der Waals surface area contributed by atoms with Gasteiger partial charge >= 0.3 is 5.97 Å². The first-order chi connectivity index (χ1) is 18.8.